The van der Waals surface area contributed by atoms with E-state index in [4.69, 9.17) is 5.73 Å². The molecule has 0 heterocycles. The number of rotatable bonds is 11. The summed E-state index contributed by atoms with van der Waals surface area (Å²) in [5.41, 5.74) is 11.7. The average molecular weight is 415 g/mol. The molecule has 4 N–H and O–H groups in total. The molecule has 0 saturated carbocycles. The summed E-state index contributed by atoms with van der Waals surface area (Å²) in [4.78, 5) is 2.30. The summed E-state index contributed by atoms with van der Waals surface area (Å²) in [6.07, 6.45) is 4.69. The van der Waals surface area contributed by atoms with Crippen LogP contribution < -0.4 is 16.4 Å². The van der Waals surface area contributed by atoms with Crippen molar-refractivity contribution in [2.45, 2.75) is 19.4 Å². The van der Waals surface area contributed by atoms with Crippen molar-refractivity contribution in [3.05, 3.63) is 89.5 Å². The van der Waals surface area contributed by atoms with Crippen LogP contribution in [0.15, 0.2) is 72.8 Å². The van der Waals surface area contributed by atoms with Crippen LogP contribution in [0.4, 0.5) is 0 Å². The van der Waals surface area contributed by atoms with Crippen LogP contribution in [0, 0.1) is 0 Å². The molecule has 3 aromatic rings. The van der Waals surface area contributed by atoms with Crippen molar-refractivity contribution in [1.82, 2.24) is 15.5 Å². The van der Waals surface area contributed by atoms with Gasteiger partial charge in [-0.3, -0.25) is 4.90 Å². The number of benzene rings is 3. The van der Waals surface area contributed by atoms with Crippen LogP contribution in [0.3, 0.4) is 0 Å². The molecule has 0 fully saturated rings. The maximum absolute atomic E-state index is 5.99. The van der Waals surface area contributed by atoms with E-state index in [0.29, 0.717) is 6.67 Å². The lowest BCUT2D eigenvalue weighted by Gasteiger charge is -2.22. The van der Waals surface area contributed by atoms with Gasteiger partial charge in [-0.25, -0.2) is 0 Å². The van der Waals surface area contributed by atoms with Gasteiger partial charge in [-0.15, -0.1) is 0 Å². The molecule has 4 heteroatoms. The summed E-state index contributed by atoms with van der Waals surface area (Å²) < 4.78 is 0. The molecule has 0 spiro atoms. The van der Waals surface area contributed by atoms with Gasteiger partial charge in [0.15, 0.2) is 0 Å². The first kappa shape index (κ1) is 21.7. The molecular formula is C27H34N4. The van der Waals surface area contributed by atoms with E-state index in [1.54, 1.807) is 0 Å². The molecule has 0 atom stereocenters. The molecule has 0 radical (unpaired) electrons. The summed E-state index contributed by atoms with van der Waals surface area (Å²) in [6, 6.07) is 23.9. The Labute approximate surface area is 186 Å². The van der Waals surface area contributed by atoms with Crippen LogP contribution in [-0.2, 0) is 13.0 Å². The van der Waals surface area contributed by atoms with Crippen molar-refractivity contribution in [2.75, 3.05) is 39.4 Å². The lowest BCUT2D eigenvalue weighted by molar-refractivity contribution is 0.281. The van der Waals surface area contributed by atoms with Crippen LogP contribution in [0.1, 0.15) is 23.1 Å². The largest absolute Gasteiger partial charge is 0.318 e. The summed E-state index contributed by atoms with van der Waals surface area (Å²) in [5.74, 6) is 0. The number of fused-ring (bicyclic) bond motifs is 2. The Kier molecular flexibility index (Phi) is 7.86. The van der Waals surface area contributed by atoms with E-state index in [2.05, 4.69) is 88.3 Å². The Morgan fingerprint density at radius 1 is 0.806 bits per heavy atom. The Hall–Kier alpha value is -2.50. The zero-order valence-corrected chi connectivity index (χ0v) is 18.3. The van der Waals surface area contributed by atoms with E-state index >= 15 is 0 Å². The molecule has 0 bridgehead atoms. The molecule has 0 unspecified atom stereocenters. The van der Waals surface area contributed by atoms with E-state index in [1.807, 2.05) is 0 Å². The molecule has 0 aromatic heterocycles. The van der Waals surface area contributed by atoms with Crippen molar-refractivity contribution >= 4 is 16.3 Å². The van der Waals surface area contributed by atoms with Gasteiger partial charge in [0.05, 0.1) is 0 Å². The maximum atomic E-state index is 5.99. The number of hydrogen-bond donors (Lipinski definition) is 3. The normalized spacial score (nSPS) is 13.4. The minimum absolute atomic E-state index is 0.586. The zero-order valence-electron chi connectivity index (χ0n) is 18.3. The molecule has 3 aromatic carbocycles. The van der Waals surface area contributed by atoms with Gasteiger partial charge >= 0.3 is 0 Å². The van der Waals surface area contributed by atoms with Gasteiger partial charge in [-0.05, 0) is 45.9 Å². The van der Waals surface area contributed by atoms with Crippen molar-refractivity contribution in [2.24, 2.45) is 5.73 Å². The SMILES string of the molecule is NCN(CCNCC1=CCCc2ccccc21)CCNCc1cccc2ccccc12. The number of allylic oxidation sites excluding steroid dienone is 1. The van der Waals surface area contributed by atoms with Crippen molar-refractivity contribution in [3.63, 3.8) is 0 Å². The molecular weight excluding hydrogens is 380 g/mol. The highest BCUT2D eigenvalue weighted by Crippen LogP contribution is 2.25. The predicted octanol–water partition coefficient (Wildman–Crippen LogP) is 3.77. The summed E-state index contributed by atoms with van der Waals surface area (Å²) in [5, 5.41) is 9.82. The highest BCUT2D eigenvalue weighted by molar-refractivity contribution is 5.85. The van der Waals surface area contributed by atoms with Crippen molar-refractivity contribution in [3.8, 4) is 0 Å². The summed E-state index contributed by atoms with van der Waals surface area (Å²) >= 11 is 0. The smallest absolute Gasteiger partial charge is 0.0456 e. The minimum Gasteiger partial charge on any atom is -0.318 e. The summed E-state index contributed by atoms with van der Waals surface area (Å²) in [7, 11) is 0. The Bertz CT molecular complexity index is 1010. The van der Waals surface area contributed by atoms with Crippen LogP contribution in [-0.4, -0.2) is 44.3 Å². The zero-order chi connectivity index (χ0) is 21.3. The third-order valence-electron chi connectivity index (χ3n) is 6.15. The monoisotopic (exact) mass is 414 g/mol. The first-order valence-electron chi connectivity index (χ1n) is 11.4. The highest BCUT2D eigenvalue weighted by Gasteiger charge is 2.11. The quantitative estimate of drug-likeness (QED) is 0.330. The van der Waals surface area contributed by atoms with Crippen molar-refractivity contribution < 1.29 is 0 Å². The van der Waals surface area contributed by atoms with Crippen LogP contribution in [0.5, 0.6) is 0 Å². The second-order valence-electron chi connectivity index (χ2n) is 8.22. The lowest BCUT2D eigenvalue weighted by Crippen LogP contribution is -2.40. The maximum Gasteiger partial charge on any atom is 0.0456 e. The first-order chi connectivity index (χ1) is 15.3. The first-order valence-corrected chi connectivity index (χ1v) is 11.4. The van der Waals surface area contributed by atoms with Gasteiger partial charge < -0.3 is 16.4 Å². The van der Waals surface area contributed by atoms with Crippen LogP contribution in [0.2, 0.25) is 0 Å². The van der Waals surface area contributed by atoms with E-state index in [0.717, 1.165) is 52.1 Å². The predicted molar refractivity (Wildman–Crippen MR) is 132 cm³/mol. The number of aryl methyl sites for hydroxylation is 1. The Morgan fingerprint density at radius 3 is 2.42 bits per heavy atom. The minimum atomic E-state index is 0.586. The molecule has 0 amide bonds. The fourth-order valence-electron chi connectivity index (χ4n) is 4.39. The van der Waals surface area contributed by atoms with E-state index < -0.39 is 0 Å². The van der Waals surface area contributed by atoms with Gasteiger partial charge in [-0.1, -0.05) is 72.8 Å². The highest BCUT2D eigenvalue weighted by atomic mass is 15.2. The van der Waals surface area contributed by atoms with E-state index in [9.17, 15) is 0 Å². The van der Waals surface area contributed by atoms with Gasteiger partial charge in [0.2, 0.25) is 0 Å². The van der Waals surface area contributed by atoms with Gasteiger partial charge in [0, 0.05) is 45.9 Å². The lowest BCUT2D eigenvalue weighted by atomic mass is 9.91. The van der Waals surface area contributed by atoms with Gasteiger partial charge in [-0.2, -0.15) is 0 Å². The van der Waals surface area contributed by atoms with Crippen molar-refractivity contribution in [1.29, 1.82) is 0 Å². The number of nitrogens with two attached hydrogens (primary N) is 1. The van der Waals surface area contributed by atoms with E-state index in [-0.39, 0.29) is 0 Å². The third kappa shape index (κ3) is 5.81. The fraction of sp³-hybridized carbons (Fsp3) is 0.333. The second-order valence-corrected chi connectivity index (χ2v) is 8.22. The van der Waals surface area contributed by atoms with Crippen LogP contribution in [0.25, 0.3) is 16.3 Å². The molecule has 1 aliphatic carbocycles. The molecule has 1 aliphatic rings. The molecule has 0 saturated heterocycles. The summed E-state index contributed by atoms with van der Waals surface area (Å²) in [6.45, 7) is 6.18. The standard InChI is InChI=1S/C27H34N4/c28-21-31(17-15-29-19-24-11-5-9-22-7-1-3-13-26(22)24)18-16-30-20-25-12-6-10-23-8-2-4-14-27(23)25/h1-5,7-9,11-14,29-30H,6,10,15-21,28H2. The van der Waals surface area contributed by atoms with Crippen LogP contribution >= 0.6 is 0 Å². The molecule has 31 heavy (non-hydrogen) atoms. The number of hydrogen-bond acceptors (Lipinski definition) is 4. The molecule has 162 valence electrons. The number of nitrogens with one attached hydrogen (secondary N) is 2. The van der Waals surface area contributed by atoms with Gasteiger partial charge in [0.25, 0.3) is 0 Å². The van der Waals surface area contributed by atoms with Gasteiger partial charge in [0.1, 0.15) is 0 Å². The second kappa shape index (κ2) is 11.2. The van der Waals surface area contributed by atoms with E-state index in [1.165, 1.54) is 33.0 Å². The number of nitrogens with zero attached hydrogens (tertiary/aromatic N) is 1. The molecule has 4 rings (SSSR count). The fourth-order valence-corrected chi connectivity index (χ4v) is 4.39. The third-order valence-corrected chi connectivity index (χ3v) is 6.15. The Morgan fingerprint density at radius 2 is 1.55 bits per heavy atom. The molecule has 4 nitrogen and oxygen atoms in total. The average Bonchev–Trinajstić information content (AvgIpc) is 2.83. The Balaban J connectivity index is 1.17. The molecule has 0 aliphatic heterocycles. The topological polar surface area (TPSA) is 53.3 Å².